The lowest BCUT2D eigenvalue weighted by Gasteiger charge is -2.45. The number of hydrogen-bond acceptors (Lipinski definition) is 2. The Hall–Kier alpha value is -1.31. The number of benzene rings is 1. The Balaban J connectivity index is 2.51. The zero-order valence-corrected chi connectivity index (χ0v) is 15.6. The molecule has 1 radical (unpaired) electrons. The van der Waals surface area contributed by atoms with Crippen LogP contribution in [0.2, 0.25) is 0 Å². The SMILES string of the molecule is CC1(C)C([CH]C#N)=CC=CC1(C=C(Br)Br)Oc1ccccc1. The van der Waals surface area contributed by atoms with Crippen LogP contribution in [0, 0.1) is 23.2 Å². The van der Waals surface area contributed by atoms with E-state index in [0.717, 1.165) is 14.7 Å². The number of hydrogen-bond donors (Lipinski definition) is 0. The first-order valence-electron chi connectivity index (χ1n) is 6.82. The minimum atomic E-state index is -0.714. The lowest BCUT2D eigenvalue weighted by molar-refractivity contribution is 0.0665. The van der Waals surface area contributed by atoms with Gasteiger partial charge in [0.25, 0.3) is 0 Å². The summed E-state index contributed by atoms with van der Waals surface area (Å²) in [4.78, 5) is 0. The molecule has 1 atom stereocenters. The first kappa shape index (κ1) is 17.1. The fourth-order valence-electron chi connectivity index (χ4n) is 2.50. The monoisotopic (exact) mass is 420 g/mol. The molecular formula is C18H16Br2NO. The fourth-order valence-corrected chi connectivity index (χ4v) is 3.18. The second kappa shape index (κ2) is 6.85. The van der Waals surface area contributed by atoms with Crippen LogP contribution in [0.3, 0.4) is 0 Å². The Bertz CT molecular complexity index is 664. The van der Waals surface area contributed by atoms with Crippen molar-refractivity contribution in [2.45, 2.75) is 19.4 Å². The molecule has 0 saturated carbocycles. The Morgan fingerprint density at radius 2 is 1.91 bits per heavy atom. The maximum Gasteiger partial charge on any atom is 0.156 e. The highest BCUT2D eigenvalue weighted by Gasteiger charge is 2.47. The van der Waals surface area contributed by atoms with Gasteiger partial charge in [-0.2, -0.15) is 5.26 Å². The Morgan fingerprint density at radius 3 is 2.50 bits per heavy atom. The minimum absolute atomic E-state index is 0.417. The highest BCUT2D eigenvalue weighted by molar-refractivity contribution is 9.28. The standard InChI is InChI=1S/C18H16Br2NO/c1-17(2)14(10-12-21)7-6-11-18(17,13-16(19)20)22-15-8-4-3-5-9-15/h3-11,13H,1-2H3. The molecule has 0 saturated heterocycles. The molecule has 2 nitrogen and oxygen atoms in total. The molecule has 0 heterocycles. The first-order chi connectivity index (χ1) is 10.4. The number of para-hydroxylation sites is 1. The second-order valence-electron chi connectivity index (χ2n) is 5.52. The van der Waals surface area contributed by atoms with Crippen molar-refractivity contribution in [1.29, 1.82) is 5.26 Å². The molecule has 2 rings (SSSR count). The van der Waals surface area contributed by atoms with Gasteiger partial charge in [0, 0.05) is 5.41 Å². The van der Waals surface area contributed by atoms with Gasteiger partial charge >= 0.3 is 0 Å². The third kappa shape index (κ3) is 3.37. The van der Waals surface area contributed by atoms with E-state index in [4.69, 9.17) is 10.00 Å². The van der Waals surface area contributed by atoms with Crippen LogP contribution in [-0.2, 0) is 0 Å². The van der Waals surface area contributed by atoms with E-state index in [-0.39, 0.29) is 0 Å². The number of allylic oxidation sites excluding steroid dienone is 2. The lowest BCUT2D eigenvalue weighted by Crippen LogP contribution is -2.49. The molecule has 1 unspecified atom stereocenters. The number of nitrogens with zero attached hydrogens (tertiary/aromatic N) is 1. The molecule has 113 valence electrons. The van der Waals surface area contributed by atoms with E-state index in [9.17, 15) is 0 Å². The summed E-state index contributed by atoms with van der Waals surface area (Å²) in [6.45, 7) is 4.14. The van der Waals surface area contributed by atoms with Crippen LogP contribution in [0.1, 0.15) is 13.8 Å². The third-order valence-electron chi connectivity index (χ3n) is 3.89. The zero-order chi connectivity index (χ0) is 16.2. The summed E-state index contributed by atoms with van der Waals surface area (Å²) in [7, 11) is 0. The van der Waals surface area contributed by atoms with Crippen LogP contribution in [0.15, 0.2) is 63.6 Å². The zero-order valence-electron chi connectivity index (χ0n) is 12.4. The Kier molecular flexibility index (Phi) is 5.31. The largest absolute Gasteiger partial charge is 0.478 e. The van der Waals surface area contributed by atoms with E-state index in [1.54, 1.807) is 6.42 Å². The summed E-state index contributed by atoms with van der Waals surface area (Å²) in [5.74, 6) is 0.774. The van der Waals surface area contributed by atoms with Gasteiger partial charge in [0.05, 0.1) is 15.9 Å². The molecule has 0 bridgehead atoms. The van der Waals surface area contributed by atoms with Gasteiger partial charge in [0.15, 0.2) is 5.60 Å². The number of halogens is 2. The van der Waals surface area contributed by atoms with Gasteiger partial charge in [-0.1, -0.05) is 44.2 Å². The van der Waals surface area contributed by atoms with E-state index in [1.165, 1.54) is 0 Å². The van der Waals surface area contributed by atoms with Crippen molar-refractivity contribution in [3.05, 3.63) is 70.0 Å². The van der Waals surface area contributed by atoms with Gasteiger partial charge in [-0.15, -0.1) is 0 Å². The predicted molar refractivity (Wildman–Crippen MR) is 96.7 cm³/mol. The topological polar surface area (TPSA) is 33.0 Å². The fraction of sp³-hybridized carbons (Fsp3) is 0.222. The summed E-state index contributed by atoms with van der Waals surface area (Å²) in [5, 5.41) is 9.05. The van der Waals surface area contributed by atoms with E-state index < -0.39 is 11.0 Å². The van der Waals surface area contributed by atoms with Crippen molar-refractivity contribution in [3.8, 4) is 11.8 Å². The van der Waals surface area contributed by atoms with Crippen molar-refractivity contribution < 1.29 is 4.74 Å². The molecule has 0 fully saturated rings. The molecule has 1 aromatic rings. The van der Waals surface area contributed by atoms with E-state index >= 15 is 0 Å². The van der Waals surface area contributed by atoms with Crippen LogP contribution < -0.4 is 4.74 Å². The average molecular weight is 422 g/mol. The maximum atomic E-state index is 9.05. The van der Waals surface area contributed by atoms with Gasteiger partial charge in [0.1, 0.15) is 5.75 Å². The van der Waals surface area contributed by atoms with Gasteiger partial charge in [-0.25, -0.2) is 0 Å². The lowest BCUT2D eigenvalue weighted by atomic mass is 9.66. The van der Waals surface area contributed by atoms with Crippen LogP contribution >= 0.6 is 31.9 Å². The molecule has 4 heteroatoms. The third-order valence-corrected chi connectivity index (χ3v) is 4.35. The van der Waals surface area contributed by atoms with Crippen molar-refractivity contribution in [3.63, 3.8) is 0 Å². The van der Waals surface area contributed by atoms with Crippen LogP contribution in [0.25, 0.3) is 0 Å². The summed E-state index contributed by atoms with van der Waals surface area (Å²) < 4.78 is 7.15. The maximum absolute atomic E-state index is 9.05. The second-order valence-corrected chi connectivity index (χ2v) is 8.29. The highest BCUT2D eigenvalue weighted by Crippen LogP contribution is 2.47. The quantitative estimate of drug-likeness (QED) is 0.625. The number of nitriles is 1. The molecule has 0 N–H and O–H groups in total. The van der Waals surface area contributed by atoms with Gasteiger partial charge in [-0.3, -0.25) is 0 Å². The smallest absolute Gasteiger partial charge is 0.156 e. The molecule has 0 amide bonds. The van der Waals surface area contributed by atoms with Crippen LogP contribution in [0.5, 0.6) is 5.75 Å². The normalized spacial score (nSPS) is 22.4. The van der Waals surface area contributed by atoms with Crippen molar-refractivity contribution >= 4 is 31.9 Å². The Morgan fingerprint density at radius 1 is 1.23 bits per heavy atom. The summed E-state index contributed by atoms with van der Waals surface area (Å²) in [6, 6.07) is 11.8. The van der Waals surface area contributed by atoms with Gasteiger partial charge in [-0.05, 0) is 61.7 Å². The number of rotatable bonds is 4. The molecule has 1 aliphatic rings. The van der Waals surface area contributed by atoms with E-state index in [2.05, 4.69) is 51.8 Å². The first-order valence-corrected chi connectivity index (χ1v) is 8.41. The molecule has 1 aliphatic carbocycles. The molecule has 1 aromatic carbocycles. The van der Waals surface area contributed by atoms with Crippen molar-refractivity contribution in [1.82, 2.24) is 0 Å². The van der Waals surface area contributed by atoms with Crippen LogP contribution in [-0.4, -0.2) is 5.60 Å². The van der Waals surface area contributed by atoms with E-state index in [0.29, 0.717) is 0 Å². The molecule has 0 aliphatic heterocycles. The van der Waals surface area contributed by atoms with Gasteiger partial charge < -0.3 is 4.74 Å². The number of ether oxygens (including phenoxy) is 1. The van der Waals surface area contributed by atoms with Crippen LogP contribution in [0.4, 0.5) is 0 Å². The molecule has 22 heavy (non-hydrogen) atoms. The Labute approximate surface area is 148 Å². The predicted octanol–water partition coefficient (Wildman–Crippen LogP) is 5.69. The summed E-state index contributed by atoms with van der Waals surface area (Å²) in [5.41, 5.74) is -0.209. The van der Waals surface area contributed by atoms with Crippen molar-refractivity contribution in [2.24, 2.45) is 5.41 Å². The van der Waals surface area contributed by atoms with E-state index in [1.807, 2.05) is 54.6 Å². The minimum Gasteiger partial charge on any atom is -0.478 e. The molecular weight excluding hydrogens is 406 g/mol. The highest BCUT2D eigenvalue weighted by atomic mass is 79.9. The average Bonchev–Trinajstić information content (AvgIpc) is 2.45. The summed E-state index contributed by atoms with van der Waals surface area (Å²) >= 11 is 6.88. The van der Waals surface area contributed by atoms with Gasteiger partial charge in [0.2, 0.25) is 0 Å². The summed E-state index contributed by atoms with van der Waals surface area (Å²) in [6.07, 6.45) is 9.43. The van der Waals surface area contributed by atoms with Crippen molar-refractivity contribution in [2.75, 3.05) is 0 Å². The molecule has 0 spiro atoms. The molecule has 0 aromatic heterocycles.